The first-order valence-corrected chi connectivity index (χ1v) is 12.6. The van der Waals surface area contributed by atoms with Crippen LogP contribution in [0.1, 0.15) is 44.4 Å². The van der Waals surface area contributed by atoms with Gasteiger partial charge in [-0.05, 0) is 55.4 Å². The number of benzene rings is 2. The highest BCUT2D eigenvalue weighted by atomic mass is 16.6. The highest BCUT2D eigenvalue weighted by Gasteiger charge is 2.46. The van der Waals surface area contributed by atoms with Crippen molar-refractivity contribution in [3.63, 3.8) is 0 Å². The van der Waals surface area contributed by atoms with Gasteiger partial charge in [-0.2, -0.15) is 0 Å². The maximum absolute atomic E-state index is 13.3. The number of rotatable bonds is 10. The van der Waals surface area contributed by atoms with Crippen LogP contribution in [0.2, 0.25) is 0 Å². The number of ketones is 1. The third-order valence-electron chi connectivity index (χ3n) is 6.58. The van der Waals surface area contributed by atoms with Gasteiger partial charge in [-0.1, -0.05) is 32.9 Å². The van der Waals surface area contributed by atoms with E-state index < -0.39 is 17.7 Å². The summed E-state index contributed by atoms with van der Waals surface area (Å²) in [5, 5.41) is 11.3. The van der Waals surface area contributed by atoms with Crippen LogP contribution in [-0.2, 0) is 9.59 Å². The van der Waals surface area contributed by atoms with Gasteiger partial charge in [0.25, 0.3) is 11.7 Å². The molecule has 8 nitrogen and oxygen atoms in total. The zero-order chi connectivity index (χ0) is 25.7. The lowest BCUT2D eigenvalue weighted by atomic mass is 9.95. The van der Waals surface area contributed by atoms with Crippen molar-refractivity contribution in [2.24, 2.45) is 0 Å². The van der Waals surface area contributed by atoms with Gasteiger partial charge in [-0.25, -0.2) is 0 Å². The SMILES string of the molecule is CCCOc1ccc(C2/C(=C(/O)c3ccc4c(c3)OCCO4)C(=O)C(=O)N2CCN(CC)CC)cc1. The summed E-state index contributed by atoms with van der Waals surface area (Å²) in [6.45, 7) is 10.3. The summed E-state index contributed by atoms with van der Waals surface area (Å²) in [7, 11) is 0. The molecule has 192 valence electrons. The molecule has 2 heterocycles. The molecular weight excluding hydrogens is 460 g/mol. The molecule has 0 aromatic heterocycles. The minimum Gasteiger partial charge on any atom is -0.507 e. The number of hydrogen-bond acceptors (Lipinski definition) is 7. The van der Waals surface area contributed by atoms with Crippen LogP contribution in [0.25, 0.3) is 5.76 Å². The number of likely N-dealkylation sites (N-methyl/N-ethyl adjacent to an activating group) is 1. The lowest BCUT2D eigenvalue weighted by Crippen LogP contribution is -2.38. The van der Waals surface area contributed by atoms with Gasteiger partial charge >= 0.3 is 0 Å². The molecule has 4 rings (SSSR count). The number of hydrogen-bond donors (Lipinski definition) is 1. The largest absolute Gasteiger partial charge is 0.507 e. The molecule has 1 atom stereocenters. The van der Waals surface area contributed by atoms with Crippen LogP contribution >= 0.6 is 0 Å². The lowest BCUT2D eigenvalue weighted by molar-refractivity contribution is -0.140. The van der Waals surface area contributed by atoms with Crippen molar-refractivity contribution in [1.82, 2.24) is 9.80 Å². The quantitative estimate of drug-likeness (QED) is 0.303. The molecule has 0 radical (unpaired) electrons. The number of carbonyl (C=O) groups is 2. The molecule has 8 heteroatoms. The fraction of sp³-hybridized carbons (Fsp3) is 0.429. The Balaban J connectivity index is 1.75. The van der Waals surface area contributed by atoms with E-state index in [4.69, 9.17) is 14.2 Å². The minimum absolute atomic E-state index is 0.0680. The van der Waals surface area contributed by atoms with Crippen LogP contribution in [0.15, 0.2) is 48.0 Å². The Hall–Kier alpha value is -3.52. The average Bonchev–Trinajstić information content (AvgIpc) is 3.17. The molecule has 1 amide bonds. The number of aliphatic hydroxyl groups excluding tert-OH is 1. The number of carbonyl (C=O) groups excluding carboxylic acids is 2. The molecule has 0 aliphatic carbocycles. The molecule has 1 saturated heterocycles. The second-order valence-electron chi connectivity index (χ2n) is 8.80. The molecule has 0 saturated carbocycles. The zero-order valence-electron chi connectivity index (χ0n) is 21.2. The summed E-state index contributed by atoms with van der Waals surface area (Å²) in [5.41, 5.74) is 1.20. The van der Waals surface area contributed by atoms with Crippen molar-refractivity contribution in [3.05, 3.63) is 59.2 Å². The molecule has 2 aromatic rings. The van der Waals surface area contributed by atoms with Crippen molar-refractivity contribution >= 4 is 17.4 Å². The summed E-state index contributed by atoms with van der Waals surface area (Å²) in [6.07, 6.45) is 0.892. The van der Waals surface area contributed by atoms with Crippen LogP contribution < -0.4 is 14.2 Å². The lowest BCUT2D eigenvalue weighted by Gasteiger charge is -2.28. The Morgan fingerprint density at radius 3 is 2.39 bits per heavy atom. The van der Waals surface area contributed by atoms with Crippen molar-refractivity contribution in [2.45, 2.75) is 33.2 Å². The van der Waals surface area contributed by atoms with E-state index >= 15 is 0 Å². The van der Waals surface area contributed by atoms with Crippen LogP contribution in [-0.4, -0.2) is 72.6 Å². The van der Waals surface area contributed by atoms with Gasteiger partial charge in [-0.15, -0.1) is 0 Å². The Morgan fingerprint density at radius 1 is 1.03 bits per heavy atom. The standard InChI is InChI=1S/C28H34N2O6/c1-4-15-34-21-10-7-19(8-11-21)25-24(27(32)28(33)30(25)14-13-29(5-2)6-3)26(31)20-9-12-22-23(18-20)36-17-16-35-22/h7-12,18,25,31H,4-6,13-17H2,1-3H3/b26-24-. The van der Waals surface area contributed by atoms with Crippen LogP contribution in [0, 0.1) is 0 Å². The molecule has 1 N–H and O–H groups in total. The maximum Gasteiger partial charge on any atom is 0.295 e. The van der Waals surface area contributed by atoms with Gasteiger partial charge in [0.1, 0.15) is 24.7 Å². The van der Waals surface area contributed by atoms with Gasteiger partial charge in [0.05, 0.1) is 18.2 Å². The van der Waals surface area contributed by atoms with Gasteiger partial charge in [0.2, 0.25) is 0 Å². The van der Waals surface area contributed by atoms with E-state index in [1.807, 2.05) is 31.2 Å². The summed E-state index contributed by atoms with van der Waals surface area (Å²) in [6, 6.07) is 11.7. The van der Waals surface area contributed by atoms with E-state index in [1.165, 1.54) is 0 Å². The summed E-state index contributed by atoms with van der Waals surface area (Å²) >= 11 is 0. The Morgan fingerprint density at radius 2 is 1.72 bits per heavy atom. The highest BCUT2D eigenvalue weighted by Crippen LogP contribution is 2.41. The number of fused-ring (bicyclic) bond motifs is 1. The number of ether oxygens (including phenoxy) is 3. The average molecular weight is 495 g/mol. The number of likely N-dealkylation sites (tertiary alicyclic amines) is 1. The summed E-state index contributed by atoms with van der Waals surface area (Å²) in [4.78, 5) is 30.3. The first-order valence-electron chi connectivity index (χ1n) is 12.6. The predicted molar refractivity (Wildman–Crippen MR) is 136 cm³/mol. The normalized spacial score (nSPS) is 18.7. The van der Waals surface area contributed by atoms with Gasteiger partial charge in [0.15, 0.2) is 11.5 Å². The van der Waals surface area contributed by atoms with Gasteiger partial charge in [-0.3, -0.25) is 9.59 Å². The smallest absolute Gasteiger partial charge is 0.295 e. The fourth-order valence-corrected chi connectivity index (χ4v) is 4.56. The molecule has 0 spiro atoms. The van der Waals surface area contributed by atoms with E-state index in [1.54, 1.807) is 23.1 Å². The van der Waals surface area contributed by atoms with E-state index in [0.717, 1.165) is 25.1 Å². The van der Waals surface area contributed by atoms with Crippen molar-refractivity contribution in [1.29, 1.82) is 0 Å². The topological polar surface area (TPSA) is 88.5 Å². The van der Waals surface area contributed by atoms with Gasteiger partial charge < -0.3 is 29.1 Å². The number of Topliss-reactive ketones (excluding diaryl/α,β-unsaturated/α-hetero) is 1. The molecular formula is C28H34N2O6. The Bertz CT molecular complexity index is 1120. The summed E-state index contributed by atoms with van der Waals surface area (Å²) in [5.74, 6) is 0.252. The zero-order valence-corrected chi connectivity index (χ0v) is 21.2. The third-order valence-corrected chi connectivity index (χ3v) is 6.58. The van der Waals surface area contributed by atoms with Crippen molar-refractivity contribution in [3.8, 4) is 17.2 Å². The first-order chi connectivity index (χ1) is 17.5. The van der Waals surface area contributed by atoms with Crippen molar-refractivity contribution in [2.75, 3.05) is 46.0 Å². The van der Waals surface area contributed by atoms with Crippen LogP contribution in [0.5, 0.6) is 17.2 Å². The molecule has 36 heavy (non-hydrogen) atoms. The molecule has 2 aliphatic rings. The van der Waals surface area contributed by atoms with E-state index in [-0.39, 0.29) is 11.3 Å². The van der Waals surface area contributed by atoms with Crippen molar-refractivity contribution < 1.29 is 28.9 Å². The second-order valence-corrected chi connectivity index (χ2v) is 8.80. The highest BCUT2D eigenvalue weighted by molar-refractivity contribution is 6.46. The van der Waals surface area contributed by atoms with E-state index in [2.05, 4.69) is 18.7 Å². The Kier molecular flexibility index (Phi) is 8.15. The summed E-state index contributed by atoms with van der Waals surface area (Å²) < 4.78 is 16.9. The molecule has 1 fully saturated rings. The molecule has 0 bridgehead atoms. The predicted octanol–water partition coefficient (Wildman–Crippen LogP) is 4.01. The monoisotopic (exact) mass is 494 g/mol. The van der Waals surface area contributed by atoms with E-state index in [0.29, 0.717) is 55.7 Å². The Labute approximate surface area is 212 Å². The number of nitrogens with zero attached hydrogens (tertiary/aromatic N) is 2. The first kappa shape index (κ1) is 25.6. The fourth-order valence-electron chi connectivity index (χ4n) is 4.56. The van der Waals surface area contributed by atoms with Crippen LogP contribution in [0.3, 0.4) is 0 Å². The minimum atomic E-state index is -0.714. The maximum atomic E-state index is 13.3. The third kappa shape index (κ3) is 5.18. The number of aliphatic hydroxyl groups is 1. The molecule has 1 unspecified atom stereocenters. The molecule has 2 aromatic carbocycles. The van der Waals surface area contributed by atoms with Gasteiger partial charge in [0, 0.05) is 18.7 Å². The van der Waals surface area contributed by atoms with E-state index in [9.17, 15) is 14.7 Å². The van der Waals surface area contributed by atoms with Crippen LogP contribution in [0.4, 0.5) is 0 Å². The second kappa shape index (κ2) is 11.5. The number of amides is 1. The molecule has 2 aliphatic heterocycles.